The monoisotopic (exact) mass is 244 g/mol. The van der Waals surface area contributed by atoms with E-state index in [4.69, 9.17) is 21.4 Å². The second-order valence-corrected chi connectivity index (χ2v) is 4.11. The highest BCUT2D eigenvalue weighted by molar-refractivity contribution is 6.31. The molecule has 0 aromatic carbocycles. The normalized spacial score (nSPS) is 12.6. The average molecular weight is 245 g/mol. The van der Waals surface area contributed by atoms with Crippen LogP contribution in [0.4, 0.5) is 5.82 Å². The van der Waals surface area contributed by atoms with Crippen molar-refractivity contribution in [1.82, 2.24) is 4.98 Å². The van der Waals surface area contributed by atoms with Gasteiger partial charge < -0.3 is 14.7 Å². The van der Waals surface area contributed by atoms with Crippen molar-refractivity contribution in [3.63, 3.8) is 0 Å². The smallest absolute Gasteiger partial charge is 0.129 e. The lowest BCUT2D eigenvalue weighted by Crippen LogP contribution is -2.33. The lowest BCUT2D eigenvalue weighted by molar-refractivity contribution is 0.183. The van der Waals surface area contributed by atoms with Gasteiger partial charge in [0.2, 0.25) is 0 Å². The number of pyridine rings is 1. The number of likely N-dealkylation sites (N-methyl/N-ethyl adjacent to an activating group) is 1. The molecule has 4 nitrogen and oxygen atoms in total. The Morgan fingerprint density at radius 2 is 2.31 bits per heavy atom. The van der Waals surface area contributed by atoms with Gasteiger partial charge in [-0.2, -0.15) is 0 Å². The molecule has 0 saturated carbocycles. The van der Waals surface area contributed by atoms with Gasteiger partial charge in [-0.1, -0.05) is 11.6 Å². The summed E-state index contributed by atoms with van der Waals surface area (Å²) in [5, 5.41) is 9.60. The topological polar surface area (TPSA) is 45.6 Å². The van der Waals surface area contributed by atoms with Crippen molar-refractivity contribution in [1.29, 1.82) is 0 Å². The third kappa shape index (κ3) is 3.07. The lowest BCUT2D eigenvalue weighted by Gasteiger charge is -2.25. The Morgan fingerprint density at radius 3 is 2.88 bits per heavy atom. The van der Waals surface area contributed by atoms with Gasteiger partial charge in [-0.15, -0.1) is 0 Å². The predicted octanol–water partition coefficient (Wildman–Crippen LogP) is 1.70. The molecular weight excluding hydrogens is 228 g/mol. The number of halogens is 1. The van der Waals surface area contributed by atoms with Crippen molar-refractivity contribution in [3.05, 3.63) is 22.8 Å². The molecule has 1 aromatic heterocycles. The molecule has 0 radical (unpaired) electrons. The number of aliphatic hydroxyl groups excluding tert-OH is 1. The van der Waals surface area contributed by atoms with Crippen LogP contribution in [0.1, 0.15) is 12.5 Å². The summed E-state index contributed by atoms with van der Waals surface area (Å²) in [5.74, 6) is 0.776. The molecule has 0 amide bonds. The number of aromatic nitrogens is 1. The summed E-state index contributed by atoms with van der Waals surface area (Å²) >= 11 is 5.88. The van der Waals surface area contributed by atoms with Crippen LogP contribution < -0.4 is 4.90 Å². The summed E-state index contributed by atoms with van der Waals surface area (Å²) in [4.78, 5) is 6.20. The Hall–Kier alpha value is -0.840. The number of ether oxygens (including phenoxy) is 1. The van der Waals surface area contributed by atoms with E-state index in [1.807, 2.05) is 18.9 Å². The molecule has 0 aliphatic heterocycles. The molecule has 16 heavy (non-hydrogen) atoms. The number of anilines is 1. The van der Waals surface area contributed by atoms with Crippen molar-refractivity contribution < 1.29 is 9.84 Å². The molecule has 0 aliphatic rings. The molecule has 1 N–H and O–H groups in total. The Morgan fingerprint density at radius 1 is 1.62 bits per heavy atom. The SMILES string of the molecule is COCC(C)N(C)c1cc(CO)c(Cl)cn1. The van der Waals surface area contributed by atoms with Crippen LogP contribution >= 0.6 is 11.6 Å². The minimum Gasteiger partial charge on any atom is -0.392 e. The van der Waals surface area contributed by atoms with Crippen molar-refractivity contribution in [2.45, 2.75) is 19.6 Å². The van der Waals surface area contributed by atoms with E-state index in [9.17, 15) is 0 Å². The third-order valence-corrected chi connectivity index (χ3v) is 2.86. The highest BCUT2D eigenvalue weighted by atomic mass is 35.5. The first kappa shape index (κ1) is 13.2. The highest BCUT2D eigenvalue weighted by Gasteiger charge is 2.12. The number of nitrogens with zero attached hydrogens (tertiary/aromatic N) is 2. The van der Waals surface area contributed by atoms with E-state index in [0.717, 1.165) is 5.82 Å². The summed E-state index contributed by atoms with van der Waals surface area (Å²) in [6.45, 7) is 2.58. The molecule has 1 atom stereocenters. The summed E-state index contributed by atoms with van der Waals surface area (Å²) in [7, 11) is 3.60. The second kappa shape index (κ2) is 6.03. The maximum atomic E-state index is 9.11. The fraction of sp³-hybridized carbons (Fsp3) is 0.545. The Bertz CT molecular complexity index is 347. The number of rotatable bonds is 5. The fourth-order valence-corrected chi connectivity index (χ4v) is 1.52. The number of hydrogen-bond acceptors (Lipinski definition) is 4. The number of aliphatic hydroxyl groups is 1. The van der Waals surface area contributed by atoms with Gasteiger partial charge in [0.05, 0.1) is 24.3 Å². The minimum atomic E-state index is -0.0825. The summed E-state index contributed by atoms with van der Waals surface area (Å²) in [6, 6.07) is 2.00. The van der Waals surface area contributed by atoms with Gasteiger partial charge in [-0.25, -0.2) is 4.98 Å². The zero-order valence-corrected chi connectivity index (χ0v) is 10.5. The Labute approximate surface area is 101 Å². The standard InChI is InChI=1S/C11H17ClN2O2/c1-8(7-16-3)14(2)11-4-9(6-15)10(12)5-13-11/h4-5,8,15H,6-7H2,1-3H3. The number of methoxy groups -OCH3 is 1. The van der Waals surface area contributed by atoms with Crippen molar-refractivity contribution in [2.75, 3.05) is 25.7 Å². The van der Waals surface area contributed by atoms with E-state index in [-0.39, 0.29) is 12.6 Å². The van der Waals surface area contributed by atoms with Gasteiger partial charge in [0, 0.05) is 25.9 Å². The quantitative estimate of drug-likeness (QED) is 0.857. The first-order valence-corrected chi connectivity index (χ1v) is 5.45. The van der Waals surface area contributed by atoms with Crippen molar-refractivity contribution >= 4 is 17.4 Å². The molecule has 0 spiro atoms. The van der Waals surface area contributed by atoms with Crippen LogP contribution in [-0.4, -0.2) is 36.9 Å². The number of hydrogen-bond donors (Lipinski definition) is 1. The maximum absolute atomic E-state index is 9.11. The van der Waals surface area contributed by atoms with Gasteiger partial charge in [0.15, 0.2) is 0 Å². The molecule has 1 rings (SSSR count). The van der Waals surface area contributed by atoms with Crippen LogP contribution in [0, 0.1) is 0 Å². The van der Waals surface area contributed by atoms with Crippen LogP contribution in [-0.2, 0) is 11.3 Å². The third-order valence-electron chi connectivity index (χ3n) is 2.52. The van der Waals surface area contributed by atoms with Crippen LogP contribution in [0.3, 0.4) is 0 Å². The van der Waals surface area contributed by atoms with Crippen molar-refractivity contribution in [3.8, 4) is 0 Å². The minimum absolute atomic E-state index is 0.0825. The van der Waals surface area contributed by atoms with Crippen molar-refractivity contribution in [2.24, 2.45) is 0 Å². The Kier molecular flexibility index (Phi) is 4.99. The van der Waals surface area contributed by atoms with Crippen LogP contribution in [0.25, 0.3) is 0 Å². The average Bonchev–Trinajstić information content (AvgIpc) is 2.29. The maximum Gasteiger partial charge on any atom is 0.129 e. The van der Waals surface area contributed by atoms with Crippen LogP contribution in [0.15, 0.2) is 12.3 Å². The van der Waals surface area contributed by atoms with Crippen LogP contribution in [0.2, 0.25) is 5.02 Å². The van der Waals surface area contributed by atoms with E-state index >= 15 is 0 Å². The molecular formula is C11H17ClN2O2. The Balaban J connectivity index is 2.87. The molecule has 1 aromatic rings. The van der Waals surface area contributed by atoms with Gasteiger partial charge in [0.25, 0.3) is 0 Å². The summed E-state index contributed by atoms with van der Waals surface area (Å²) in [6.07, 6.45) is 1.55. The molecule has 0 fully saturated rings. The van der Waals surface area contributed by atoms with E-state index in [1.165, 1.54) is 0 Å². The van der Waals surface area contributed by atoms with E-state index in [2.05, 4.69) is 4.98 Å². The largest absolute Gasteiger partial charge is 0.392 e. The molecule has 0 aliphatic carbocycles. The molecule has 0 saturated heterocycles. The lowest BCUT2D eigenvalue weighted by atomic mass is 10.2. The first-order valence-electron chi connectivity index (χ1n) is 5.07. The van der Waals surface area contributed by atoms with E-state index in [0.29, 0.717) is 17.2 Å². The van der Waals surface area contributed by atoms with Gasteiger partial charge in [-0.05, 0) is 13.0 Å². The van der Waals surface area contributed by atoms with Gasteiger partial charge >= 0.3 is 0 Å². The molecule has 0 bridgehead atoms. The predicted molar refractivity (Wildman–Crippen MR) is 64.9 cm³/mol. The zero-order valence-electron chi connectivity index (χ0n) is 9.77. The summed E-state index contributed by atoms with van der Waals surface area (Å²) < 4.78 is 5.08. The van der Waals surface area contributed by atoms with E-state index < -0.39 is 0 Å². The molecule has 90 valence electrons. The van der Waals surface area contributed by atoms with Gasteiger partial charge in [0.1, 0.15) is 5.82 Å². The fourth-order valence-electron chi connectivity index (χ4n) is 1.36. The molecule has 5 heteroatoms. The highest BCUT2D eigenvalue weighted by Crippen LogP contribution is 2.20. The first-order chi connectivity index (χ1) is 7.60. The van der Waals surface area contributed by atoms with Crippen LogP contribution in [0.5, 0.6) is 0 Å². The second-order valence-electron chi connectivity index (χ2n) is 3.71. The molecule has 1 unspecified atom stereocenters. The summed E-state index contributed by atoms with van der Waals surface area (Å²) in [5.41, 5.74) is 0.683. The zero-order chi connectivity index (χ0) is 12.1. The molecule has 1 heterocycles. The van der Waals surface area contributed by atoms with Gasteiger partial charge in [-0.3, -0.25) is 0 Å². The van der Waals surface area contributed by atoms with E-state index in [1.54, 1.807) is 19.4 Å².